The van der Waals surface area contributed by atoms with Crippen LogP contribution in [0.3, 0.4) is 0 Å². The lowest BCUT2D eigenvalue weighted by atomic mass is 10.1. The minimum atomic E-state index is -4.47. The first kappa shape index (κ1) is 31.1. The molecule has 4 aromatic heterocycles. The number of ether oxygens (including phenoxy) is 2. The first-order valence-electron chi connectivity index (χ1n) is 12.9. The summed E-state index contributed by atoms with van der Waals surface area (Å²) >= 11 is 7.98. The molecule has 3 aliphatic rings. The highest BCUT2D eigenvalue weighted by molar-refractivity contribution is 8.44. The number of hydrogen-bond donors (Lipinski definition) is 5. The molecule has 3 aliphatic heterocycles. The summed E-state index contributed by atoms with van der Waals surface area (Å²) in [5.41, 5.74) is 5.14. The standard InChI is InChI=1S/C21H22F2N8O10P2S2/c22-7-1-30(17-10(7)19(33)28-5-26-17)21-15-13(32)8(38-21)2-36-42(34,44)40-14-9(3-37-43(35,45)41-15)39-20(11(14)23)31-6-29-12-16(24)25-4-27-18(12)31/h1,4-6,8-9,11,13-15,20-21,32H,2-3H2,(H,34,44)(H,35,45)(H2,24,25,27)(H,26,28,33)/t8?,9?,11-,13-,14-,15-,20-,21-,42-,43-/m1/s1. The fraction of sp³-hybridized carbons (Fsp3) is 0.476. The number of nitrogens with two attached hydrogens (primary N) is 1. The smallest absolute Gasteiger partial charge is 0.386 e. The van der Waals surface area contributed by atoms with Crippen LogP contribution in [0.25, 0.3) is 22.2 Å². The molecule has 0 aliphatic carbocycles. The maximum Gasteiger partial charge on any atom is 0.386 e. The number of nitrogens with one attached hydrogen (secondary N) is 1. The van der Waals surface area contributed by atoms with E-state index in [4.69, 9.17) is 33.3 Å². The van der Waals surface area contributed by atoms with Gasteiger partial charge in [-0.15, -0.1) is 0 Å². The van der Waals surface area contributed by atoms with Crippen molar-refractivity contribution in [2.24, 2.45) is 0 Å². The molecular weight excluding hydrogens is 688 g/mol. The van der Waals surface area contributed by atoms with Gasteiger partial charge in [-0.25, -0.2) is 37.8 Å². The van der Waals surface area contributed by atoms with Crippen LogP contribution in [0.15, 0.2) is 30.0 Å². The van der Waals surface area contributed by atoms with Gasteiger partial charge < -0.3 is 29.9 Å². The molecule has 10 atom stereocenters. The van der Waals surface area contributed by atoms with Crippen molar-refractivity contribution in [1.29, 1.82) is 0 Å². The third-order valence-electron chi connectivity index (χ3n) is 7.40. The lowest BCUT2D eigenvalue weighted by Crippen LogP contribution is -2.35. The second-order valence-electron chi connectivity index (χ2n) is 10.1. The van der Waals surface area contributed by atoms with E-state index in [1.54, 1.807) is 0 Å². The van der Waals surface area contributed by atoms with E-state index in [0.717, 1.165) is 23.4 Å². The van der Waals surface area contributed by atoms with Crippen LogP contribution in [0.4, 0.5) is 14.6 Å². The van der Waals surface area contributed by atoms with Crippen LogP contribution in [-0.4, -0.2) is 89.1 Å². The van der Waals surface area contributed by atoms with Gasteiger partial charge in [0, 0.05) is 6.20 Å². The van der Waals surface area contributed by atoms with Gasteiger partial charge in [0.15, 0.2) is 41.6 Å². The Morgan fingerprint density at radius 1 is 0.978 bits per heavy atom. The molecule has 18 nitrogen and oxygen atoms in total. The summed E-state index contributed by atoms with van der Waals surface area (Å²) in [6.07, 6.45) is -8.46. The number of imidazole rings is 1. The van der Waals surface area contributed by atoms with E-state index >= 15 is 4.39 Å². The summed E-state index contributed by atoms with van der Waals surface area (Å²) in [5, 5.41) is 10.7. The molecule has 0 spiro atoms. The molecule has 0 amide bonds. The number of aromatic amines is 1. The summed E-state index contributed by atoms with van der Waals surface area (Å²) in [6, 6.07) is 0. The van der Waals surface area contributed by atoms with Crippen molar-refractivity contribution < 1.29 is 50.6 Å². The summed E-state index contributed by atoms with van der Waals surface area (Å²) in [5.74, 6) is -0.935. The number of anilines is 1. The maximum atomic E-state index is 16.0. The molecule has 45 heavy (non-hydrogen) atoms. The Labute approximate surface area is 259 Å². The minimum Gasteiger partial charge on any atom is -0.387 e. The number of aliphatic hydroxyl groups excluding tert-OH is 1. The lowest BCUT2D eigenvalue weighted by Gasteiger charge is -2.26. The van der Waals surface area contributed by atoms with E-state index < -0.39 is 92.7 Å². The van der Waals surface area contributed by atoms with Crippen molar-refractivity contribution in [3.8, 4) is 0 Å². The highest BCUT2D eigenvalue weighted by Crippen LogP contribution is 2.60. The fourth-order valence-corrected chi connectivity index (χ4v) is 8.32. The highest BCUT2D eigenvalue weighted by Gasteiger charge is 2.54. The average Bonchev–Trinajstić information content (AvgIpc) is 3.71. The van der Waals surface area contributed by atoms with Crippen LogP contribution in [0.1, 0.15) is 12.5 Å². The van der Waals surface area contributed by atoms with Crippen molar-refractivity contribution in [2.45, 2.75) is 49.1 Å². The van der Waals surface area contributed by atoms with Crippen LogP contribution in [0.2, 0.25) is 0 Å². The molecule has 24 heteroatoms. The lowest BCUT2D eigenvalue weighted by molar-refractivity contribution is -0.0568. The van der Waals surface area contributed by atoms with Crippen LogP contribution >= 0.6 is 38.1 Å². The third kappa shape index (κ3) is 5.50. The number of hydrogen-bond acceptors (Lipinski definition) is 15. The van der Waals surface area contributed by atoms with E-state index in [9.17, 15) is 23.4 Å². The molecule has 0 aromatic carbocycles. The Balaban J connectivity index is 1.21. The van der Waals surface area contributed by atoms with Gasteiger partial charge in [-0.3, -0.25) is 27.5 Å². The first-order valence-corrected chi connectivity index (χ1v) is 18.3. The molecule has 4 aromatic rings. The highest BCUT2D eigenvalue weighted by atomic mass is 32.7. The largest absolute Gasteiger partial charge is 0.387 e. The molecule has 0 saturated carbocycles. The van der Waals surface area contributed by atoms with E-state index in [0.29, 0.717) is 0 Å². The van der Waals surface area contributed by atoms with Crippen molar-refractivity contribution in [3.63, 3.8) is 0 Å². The molecule has 0 radical (unpaired) electrons. The average molecular weight is 711 g/mol. The van der Waals surface area contributed by atoms with Crippen molar-refractivity contribution >= 4 is 66.1 Å². The van der Waals surface area contributed by atoms with Gasteiger partial charge >= 0.3 is 13.6 Å². The number of nitrogens with zero attached hydrogens (tertiary/aromatic N) is 6. The number of thiol groups is 2. The molecule has 3 saturated heterocycles. The zero-order chi connectivity index (χ0) is 31.8. The molecule has 4 N–H and O–H groups in total. The van der Waals surface area contributed by atoms with Crippen LogP contribution < -0.4 is 11.3 Å². The molecular formula is C21H22F2N8O10P2S2. The van der Waals surface area contributed by atoms with E-state index in [1.807, 2.05) is 0 Å². The number of aliphatic hydroxyl groups is 1. The minimum absolute atomic E-state index is 0.0336. The van der Waals surface area contributed by atoms with Gasteiger partial charge in [0.2, 0.25) is 0 Å². The number of fused-ring (bicyclic) bond motifs is 5. The molecule has 3 fully saturated rings. The van der Waals surface area contributed by atoms with Crippen molar-refractivity contribution in [1.82, 2.24) is 34.1 Å². The molecule has 2 unspecified atom stereocenters. The Bertz CT molecular complexity index is 1950. The first-order chi connectivity index (χ1) is 21.3. The van der Waals surface area contributed by atoms with Gasteiger partial charge in [0.05, 0.1) is 25.9 Å². The quantitative estimate of drug-likeness (QED) is 0.147. The van der Waals surface area contributed by atoms with Crippen LogP contribution in [0, 0.1) is 5.82 Å². The number of nitrogen functional groups attached to an aromatic ring is 1. The van der Waals surface area contributed by atoms with Crippen molar-refractivity contribution in [2.75, 3.05) is 18.9 Å². The van der Waals surface area contributed by atoms with E-state index in [-0.39, 0.29) is 22.6 Å². The molecule has 7 rings (SSSR count). The fourth-order valence-electron chi connectivity index (χ4n) is 5.37. The monoisotopic (exact) mass is 710 g/mol. The second-order valence-corrected chi connectivity index (χ2v) is 15.9. The SMILES string of the molecule is Nc1ncnc2c1ncn2[C@@H]1OC2CO[P@@](=O)(S)O[C@@H]3[C@H](O)C(CO[P@@](=O)(S)O[C@H]2[C@H]1F)O[C@H]3n1cc(F)c2c(=O)[nH]cnc21. The number of aromatic nitrogens is 7. The molecule has 242 valence electrons. The molecule has 7 heterocycles. The summed E-state index contributed by atoms with van der Waals surface area (Å²) < 4.78 is 93.3. The predicted octanol–water partition coefficient (Wildman–Crippen LogP) is 1.67. The normalized spacial score (nSPS) is 37.7. The number of alkyl halides is 1. The number of H-pyrrole nitrogens is 1. The van der Waals surface area contributed by atoms with Gasteiger partial charge in [-0.1, -0.05) is 24.5 Å². The zero-order valence-corrected chi connectivity index (χ0v) is 25.8. The van der Waals surface area contributed by atoms with Gasteiger partial charge in [-0.05, 0) is 0 Å². The van der Waals surface area contributed by atoms with Gasteiger partial charge in [-0.2, -0.15) is 0 Å². The Hall–Kier alpha value is -2.49. The van der Waals surface area contributed by atoms with Gasteiger partial charge in [0.1, 0.15) is 47.8 Å². The second kappa shape index (κ2) is 11.3. The summed E-state index contributed by atoms with van der Waals surface area (Å²) in [4.78, 5) is 30.5. The topological polar surface area (TPSA) is 230 Å². The van der Waals surface area contributed by atoms with E-state index in [1.165, 1.54) is 10.9 Å². The van der Waals surface area contributed by atoms with Gasteiger partial charge in [0.25, 0.3) is 5.56 Å². The number of halogens is 2. The molecule has 2 bridgehead atoms. The Kier molecular flexibility index (Phi) is 7.84. The van der Waals surface area contributed by atoms with Crippen LogP contribution in [0.5, 0.6) is 0 Å². The number of rotatable bonds is 2. The third-order valence-corrected chi connectivity index (χ3v) is 10.6. The summed E-state index contributed by atoms with van der Waals surface area (Å²) in [6.45, 7) is -10.3. The van der Waals surface area contributed by atoms with Crippen molar-refractivity contribution in [3.05, 3.63) is 41.3 Å². The van der Waals surface area contributed by atoms with E-state index in [2.05, 4.69) is 49.4 Å². The summed E-state index contributed by atoms with van der Waals surface area (Å²) in [7, 11) is 0. The Morgan fingerprint density at radius 2 is 1.67 bits per heavy atom. The zero-order valence-electron chi connectivity index (χ0n) is 22.3. The Morgan fingerprint density at radius 3 is 2.42 bits per heavy atom. The predicted molar refractivity (Wildman–Crippen MR) is 154 cm³/mol. The van der Waals surface area contributed by atoms with Crippen LogP contribution in [-0.2, 0) is 36.7 Å². The maximum absolute atomic E-state index is 16.0.